The Morgan fingerprint density at radius 2 is 1.68 bits per heavy atom. The van der Waals surface area contributed by atoms with Crippen molar-refractivity contribution >= 4 is 27.0 Å². The molecule has 6 rings (SSSR count). The van der Waals surface area contributed by atoms with Gasteiger partial charge in [0.2, 0.25) is 0 Å². The second-order valence-electron chi connectivity index (χ2n) is 11.3. The summed E-state index contributed by atoms with van der Waals surface area (Å²) in [6.07, 6.45) is 2.43. The summed E-state index contributed by atoms with van der Waals surface area (Å²) in [4.78, 5) is 26.6. The molecule has 1 unspecified atom stereocenters. The van der Waals surface area contributed by atoms with Crippen LogP contribution < -0.4 is 21.6 Å². The lowest BCUT2D eigenvalue weighted by Crippen LogP contribution is -2.58. The van der Waals surface area contributed by atoms with Crippen molar-refractivity contribution in [1.82, 2.24) is 14.2 Å². The first kappa shape index (κ1) is 28.7. The number of H-pyrrole nitrogens is 1. The maximum absolute atomic E-state index is 12.6. The molecule has 3 aromatic rings. The fourth-order valence-electron chi connectivity index (χ4n) is 6.65. The van der Waals surface area contributed by atoms with Crippen molar-refractivity contribution < 1.29 is 18.5 Å². The van der Waals surface area contributed by atoms with Crippen molar-refractivity contribution in [3.63, 3.8) is 0 Å². The molecule has 1 N–H and O–H groups in total. The van der Waals surface area contributed by atoms with Crippen LogP contribution in [0.2, 0.25) is 12.6 Å². The topological polar surface area (TPSA) is 95.0 Å². The Kier molecular flexibility index (Phi) is 8.43. The predicted octanol–water partition coefficient (Wildman–Crippen LogP) is 3.23. The summed E-state index contributed by atoms with van der Waals surface area (Å²) in [5.74, 6) is 0. The molecule has 0 bridgehead atoms. The number of fused-ring (bicyclic) bond motifs is 1. The summed E-state index contributed by atoms with van der Waals surface area (Å²) >= 11 is 0. The van der Waals surface area contributed by atoms with Crippen LogP contribution in [0, 0.1) is 0 Å². The van der Waals surface area contributed by atoms with E-state index in [4.69, 9.17) is 18.5 Å². The number of aromatic amines is 1. The second-order valence-corrected chi connectivity index (χ2v) is 16.9. The van der Waals surface area contributed by atoms with Gasteiger partial charge in [-0.2, -0.15) is 0 Å². The Hall–Kier alpha value is -2.43. The molecule has 11 heteroatoms. The molecule has 2 aromatic carbocycles. The highest BCUT2D eigenvalue weighted by Crippen LogP contribution is 2.59. The van der Waals surface area contributed by atoms with Crippen LogP contribution in [0.25, 0.3) is 0 Å². The molecule has 3 saturated heterocycles. The van der Waals surface area contributed by atoms with Gasteiger partial charge in [-0.05, 0) is 25.3 Å². The minimum absolute atomic E-state index is 0.0571. The number of hydrogen-bond donors (Lipinski definition) is 1. The van der Waals surface area contributed by atoms with E-state index in [0.29, 0.717) is 12.5 Å². The lowest BCUT2D eigenvalue weighted by Gasteiger charge is -2.32. The van der Waals surface area contributed by atoms with Crippen molar-refractivity contribution in [2.24, 2.45) is 0 Å². The minimum Gasteiger partial charge on any atom is -0.374 e. The number of nitrogens with zero attached hydrogens (tertiary/aromatic N) is 2. The van der Waals surface area contributed by atoms with Gasteiger partial charge < -0.3 is 18.5 Å². The van der Waals surface area contributed by atoms with Crippen LogP contribution in [0.15, 0.2) is 82.5 Å². The molecule has 4 heterocycles. The number of nitrogens with one attached hydrogen (secondary N) is 1. The van der Waals surface area contributed by atoms with E-state index in [9.17, 15) is 9.59 Å². The molecule has 41 heavy (non-hydrogen) atoms. The van der Waals surface area contributed by atoms with Gasteiger partial charge in [-0.15, -0.1) is 0 Å². The van der Waals surface area contributed by atoms with Crippen molar-refractivity contribution in [3.05, 3.63) is 93.8 Å². The van der Waals surface area contributed by atoms with Gasteiger partial charge in [0.25, 0.3) is 14.1 Å². The highest BCUT2D eigenvalue weighted by Gasteiger charge is 2.54. The average molecular weight is 596 g/mol. The van der Waals surface area contributed by atoms with E-state index in [0.717, 1.165) is 25.4 Å². The molecule has 1 aromatic heterocycles. The van der Waals surface area contributed by atoms with Crippen LogP contribution in [0.1, 0.15) is 32.4 Å². The number of aromatic nitrogens is 2. The second kappa shape index (κ2) is 12.0. The molecule has 7 atom stereocenters. The van der Waals surface area contributed by atoms with E-state index in [2.05, 4.69) is 76.9 Å². The fourth-order valence-corrected chi connectivity index (χ4v) is 12.6. The highest BCUT2D eigenvalue weighted by atomic mass is 31.2. The zero-order valence-corrected chi connectivity index (χ0v) is 25.6. The first-order valence-electron chi connectivity index (χ1n) is 14.4. The minimum atomic E-state index is -2.12. The quantitative estimate of drug-likeness (QED) is 0.300. The third-order valence-electron chi connectivity index (χ3n) is 8.86. The highest BCUT2D eigenvalue weighted by molar-refractivity contribution is 7.45. The molecule has 218 valence electrons. The molecule has 0 saturated carbocycles. The maximum atomic E-state index is 12.6. The fraction of sp³-hybridized carbons (Fsp3) is 0.467. The summed E-state index contributed by atoms with van der Waals surface area (Å²) in [5, 5.41) is 2.81. The Bertz CT molecular complexity index is 1400. The van der Waals surface area contributed by atoms with E-state index < -0.39 is 46.3 Å². The number of benzene rings is 2. The zero-order chi connectivity index (χ0) is 28.6. The van der Waals surface area contributed by atoms with Crippen molar-refractivity contribution in [2.45, 2.75) is 75.5 Å². The monoisotopic (exact) mass is 595 g/mol. The molecule has 0 aliphatic carbocycles. The van der Waals surface area contributed by atoms with E-state index in [-0.39, 0.29) is 12.2 Å². The van der Waals surface area contributed by atoms with Gasteiger partial charge in [-0.25, -0.2) is 9.46 Å². The van der Waals surface area contributed by atoms with Gasteiger partial charge in [0, 0.05) is 32.0 Å². The third-order valence-corrected chi connectivity index (χ3v) is 15.1. The molecule has 3 aliphatic rings. The standard InChI is InChI=1S/C30H38N3O6PSi/c1-4-24-27(28(36-2)29(37-24)32-19-17-26(34)31-30(32)35)39-40-33-18-11-16-23(33)25(38-40)20-41(3,21-12-7-5-8-13-21)22-14-9-6-10-15-22/h5-10,12-15,17,19,23-25,27-29H,4,11,16,18,20H2,1-3H3,(H,31,34,35)/t23-,24+,25+,27?,28-,29+,40+/m0/s1. The molecule has 0 radical (unpaired) electrons. The Labute approximate surface area is 242 Å². The van der Waals surface area contributed by atoms with Crippen LogP contribution in [-0.4, -0.2) is 66.4 Å². The summed E-state index contributed by atoms with van der Waals surface area (Å²) in [6, 6.07) is 24.4. The smallest absolute Gasteiger partial charge is 0.330 e. The van der Waals surface area contributed by atoms with Crippen LogP contribution in [-0.2, 0) is 18.5 Å². The van der Waals surface area contributed by atoms with Crippen LogP contribution >= 0.6 is 8.53 Å². The van der Waals surface area contributed by atoms with Gasteiger partial charge in [-0.3, -0.25) is 14.3 Å². The zero-order valence-electron chi connectivity index (χ0n) is 23.7. The molecule has 3 fully saturated rings. The maximum Gasteiger partial charge on any atom is 0.330 e. The molecule has 0 amide bonds. The summed E-state index contributed by atoms with van der Waals surface area (Å²) in [7, 11) is -1.86. The predicted molar refractivity (Wildman–Crippen MR) is 161 cm³/mol. The van der Waals surface area contributed by atoms with Gasteiger partial charge in [0.15, 0.2) is 6.23 Å². The first-order valence-corrected chi connectivity index (χ1v) is 18.3. The number of methoxy groups -OCH3 is 1. The van der Waals surface area contributed by atoms with E-state index in [1.165, 1.54) is 27.2 Å². The molecule has 9 nitrogen and oxygen atoms in total. The summed E-state index contributed by atoms with van der Waals surface area (Å²) < 4.78 is 29.7. The van der Waals surface area contributed by atoms with Crippen molar-refractivity contribution in [2.75, 3.05) is 13.7 Å². The molecular weight excluding hydrogens is 557 g/mol. The first-order chi connectivity index (χ1) is 19.9. The van der Waals surface area contributed by atoms with E-state index >= 15 is 0 Å². The SMILES string of the molecule is CC[C@H]1O[C@@H](n2ccc(=O)[nH]c2=O)[C@@H](OC)C1O[P@@]1O[C@H](C[Si](C)(c2ccccc2)c2ccccc2)[C@@H]2CCCN21. The van der Waals surface area contributed by atoms with Gasteiger partial charge in [-0.1, -0.05) is 84.5 Å². The third kappa shape index (κ3) is 5.43. The van der Waals surface area contributed by atoms with Crippen LogP contribution in [0.4, 0.5) is 0 Å². The van der Waals surface area contributed by atoms with Crippen molar-refractivity contribution in [1.29, 1.82) is 0 Å². The van der Waals surface area contributed by atoms with Crippen LogP contribution in [0.5, 0.6) is 0 Å². The van der Waals surface area contributed by atoms with Gasteiger partial charge in [0.05, 0.1) is 12.2 Å². The van der Waals surface area contributed by atoms with Crippen molar-refractivity contribution in [3.8, 4) is 0 Å². The lowest BCUT2D eigenvalue weighted by molar-refractivity contribution is -0.0538. The number of ether oxygens (including phenoxy) is 2. The Balaban J connectivity index is 1.26. The average Bonchev–Trinajstić information content (AvgIpc) is 3.69. The number of rotatable bonds is 9. The van der Waals surface area contributed by atoms with E-state index in [1.54, 1.807) is 7.11 Å². The van der Waals surface area contributed by atoms with Gasteiger partial charge in [0.1, 0.15) is 20.3 Å². The summed E-state index contributed by atoms with van der Waals surface area (Å²) in [6.45, 7) is 5.42. The lowest BCUT2D eigenvalue weighted by atomic mass is 10.1. The molecule has 3 aliphatic heterocycles. The largest absolute Gasteiger partial charge is 0.374 e. The van der Waals surface area contributed by atoms with E-state index in [1.807, 2.05) is 6.92 Å². The van der Waals surface area contributed by atoms with Gasteiger partial charge >= 0.3 is 5.69 Å². The normalized spacial score (nSPS) is 30.1. The summed E-state index contributed by atoms with van der Waals surface area (Å²) in [5.41, 5.74) is -0.984. The molecule has 0 spiro atoms. The Morgan fingerprint density at radius 1 is 1.00 bits per heavy atom. The number of hydrogen-bond acceptors (Lipinski definition) is 7. The Morgan fingerprint density at radius 3 is 2.29 bits per heavy atom. The van der Waals surface area contributed by atoms with Crippen LogP contribution in [0.3, 0.4) is 0 Å². The molecular formula is C30H38N3O6PSi.